The van der Waals surface area contributed by atoms with Crippen LogP contribution in [0.4, 0.5) is 10.1 Å². The van der Waals surface area contributed by atoms with Crippen molar-refractivity contribution in [2.75, 3.05) is 10.8 Å². The van der Waals surface area contributed by atoms with Crippen LogP contribution in [0.5, 0.6) is 5.75 Å². The van der Waals surface area contributed by atoms with Crippen molar-refractivity contribution in [3.05, 3.63) is 29.7 Å². The van der Waals surface area contributed by atoms with Crippen molar-refractivity contribution in [2.24, 2.45) is 5.73 Å². The molecule has 10 nitrogen and oxygen atoms in total. The zero-order valence-corrected chi connectivity index (χ0v) is 14.5. The molecule has 5 N–H and O–H groups in total. The summed E-state index contributed by atoms with van der Waals surface area (Å²) in [6.45, 7) is -0.657. The zero-order chi connectivity index (χ0) is 19.6. The normalized spacial score (nSPS) is 19.7. The summed E-state index contributed by atoms with van der Waals surface area (Å²) in [5, 5.41) is 16.6. The highest BCUT2D eigenvalue weighted by molar-refractivity contribution is 7.92. The highest BCUT2D eigenvalue weighted by Gasteiger charge is 2.52. The lowest BCUT2D eigenvalue weighted by Crippen LogP contribution is -2.30. The van der Waals surface area contributed by atoms with Crippen molar-refractivity contribution in [1.82, 2.24) is 14.9 Å². The first-order valence-electron chi connectivity index (χ1n) is 7.87. The van der Waals surface area contributed by atoms with Crippen molar-refractivity contribution in [2.45, 2.75) is 18.3 Å². The number of anilines is 1. The van der Waals surface area contributed by atoms with Gasteiger partial charge < -0.3 is 10.8 Å². The van der Waals surface area contributed by atoms with Gasteiger partial charge in [-0.25, -0.2) is 13.4 Å². The second-order valence-electron chi connectivity index (χ2n) is 6.44. The summed E-state index contributed by atoms with van der Waals surface area (Å²) in [5.41, 5.74) is 4.32. The summed E-state index contributed by atoms with van der Waals surface area (Å²) in [4.78, 5) is 23.0. The quantitative estimate of drug-likeness (QED) is 0.552. The third kappa shape index (κ3) is 2.51. The molecule has 0 spiro atoms. The van der Waals surface area contributed by atoms with Gasteiger partial charge in [0, 0.05) is 5.56 Å². The van der Waals surface area contributed by atoms with E-state index in [0.717, 1.165) is 6.07 Å². The predicted octanol–water partition coefficient (Wildman–Crippen LogP) is -0.381. The van der Waals surface area contributed by atoms with Gasteiger partial charge in [0.15, 0.2) is 5.82 Å². The largest absolute Gasteiger partial charge is 0.506 e. The summed E-state index contributed by atoms with van der Waals surface area (Å²) >= 11 is 0. The van der Waals surface area contributed by atoms with Crippen molar-refractivity contribution in [3.63, 3.8) is 0 Å². The Balaban J connectivity index is 1.80. The first-order valence-corrected chi connectivity index (χ1v) is 9.31. The number of H-pyrrole nitrogens is 1. The van der Waals surface area contributed by atoms with E-state index in [-0.39, 0.29) is 11.3 Å². The number of amides is 2. The average molecular weight is 395 g/mol. The fourth-order valence-electron chi connectivity index (χ4n) is 3.10. The molecular weight excluding hydrogens is 381 g/mol. The van der Waals surface area contributed by atoms with E-state index in [1.165, 1.54) is 12.1 Å². The number of carbonyl (C=O) groups is 2. The van der Waals surface area contributed by atoms with Gasteiger partial charge in [-0.2, -0.15) is 13.5 Å². The van der Waals surface area contributed by atoms with Crippen LogP contribution in [0.2, 0.25) is 0 Å². The van der Waals surface area contributed by atoms with E-state index in [0.29, 0.717) is 22.8 Å². The number of carbonyl (C=O) groups excluding carboxylic acids is 2. The van der Waals surface area contributed by atoms with Crippen LogP contribution in [0.15, 0.2) is 18.2 Å². The van der Waals surface area contributed by atoms with Crippen molar-refractivity contribution in [3.8, 4) is 17.0 Å². The summed E-state index contributed by atoms with van der Waals surface area (Å²) in [5.74, 6) is -3.08. The number of benzene rings is 1. The molecule has 2 fully saturated rings. The topological polar surface area (TPSA) is 158 Å². The highest BCUT2D eigenvalue weighted by Crippen LogP contribution is 2.48. The number of aromatic nitrogens is 2. The lowest BCUT2D eigenvalue weighted by Gasteiger charge is -2.18. The van der Waals surface area contributed by atoms with Gasteiger partial charge in [-0.15, -0.1) is 0 Å². The van der Waals surface area contributed by atoms with Crippen LogP contribution in [-0.2, 0) is 25.2 Å². The van der Waals surface area contributed by atoms with E-state index in [1.54, 1.807) is 4.72 Å². The molecular formula is C15H14FN5O5S. The van der Waals surface area contributed by atoms with Crippen molar-refractivity contribution in [1.29, 1.82) is 0 Å². The minimum atomic E-state index is -4.31. The summed E-state index contributed by atoms with van der Waals surface area (Å²) in [6.07, 6.45) is 1.07. The predicted molar refractivity (Wildman–Crippen MR) is 90.2 cm³/mol. The number of phenols is 1. The number of nitrogens with one attached hydrogen (secondary N) is 2. The molecule has 27 heavy (non-hydrogen) atoms. The SMILES string of the molecule is NC(=O)C1(c2cc(-c3ccc(O)c(N4CC(=O)NS4(=O)=O)c3F)[nH]n2)CC1. The maximum atomic E-state index is 15.1. The number of nitrogens with two attached hydrogens (primary N) is 1. The number of rotatable bonds is 4. The first-order chi connectivity index (χ1) is 12.7. The van der Waals surface area contributed by atoms with Gasteiger partial charge in [-0.05, 0) is 31.0 Å². The Morgan fingerprint density at radius 1 is 1.37 bits per heavy atom. The van der Waals surface area contributed by atoms with Gasteiger partial charge >= 0.3 is 10.2 Å². The van der Waals surface area contributed by atoms with Crippen LogP contribution in [0.3, 0.4) is 0 Å². The van der Waals surface area contributed by atoms with Gasteiger partial charge in [0.2, 0.25) is 5.91 Å². The Hall–Kier alpha value is -3.15. The third-order valence-electron chi connectivity index (χ3n) is 4.74. The Bertz CT molecular complexity index is 1090. The Labute approximate surface area is 152 Å². The zero-order valence-electron chi connectivity index (χ0n) is 13.7. The van der Waals surface area contributed by atoms with Crippen molar-refractivity contribution < 1.29 is 27.5 Å². The van der Waals surface area contributed by atoms with Crippen LogP contribution in [0.25, 0.3) is 11.3 Å². The molecule has 1 saturated heterocycles. The van der Waals surface area contributed by atoms with Crippen LogP contribution >= 0.6 is 0 Å². The molecule has 12 heteroatoms. The van der Waals surface area contributed by atoms with Crippen LogP contribution in [0.1, 0.15) is 18.5 Å². The number of hydrogen-bond acceptors (Lipinski definition) is 6. The lowest BCUT2D eigenvalue weighted by atomic mass is 10.0. The third-order valence-corrected chi connectivity index (χ3v) is 6.12. The number of aromatic amines is 1. The molecule has 0 atom stereocenters. The molecule has 2 aromatic rings. The lowest BCUT2D eigenvalue weighted by molar-refractivity contribution is -0.120. The van der Waals surface area contributed by atoms with Crippen LogP contribution in [0, 0.1) is 5.82 Å². The van der Waals surface area contributed by atoms with E-state index in [9.17, 15) is 23.1 Å². The van der Waals surface area contributed by atoms with Gasteiger partial charge in [0.05, 0.1) is 16.8 Å². The minimum Gasteiger partial charge on any atom is -0.506 e. The summed E-state index contributed by atoms with van der Waals surface area (Å²) in [6, 6.07) is 3.79. The van der Waals surface area contributed by atoms with E-state index < -0.39 is 51.2 Å². The average Bonchev–Trinajstić information content (AvgIpc) is 3.17. The van der Waals surface area contributed by atoms with E-state index >= 15 is 4.39 Å². The van der Waals surface area contributed by atoms with E-state index in [1.807, 2.05) is 0 Å². The second kappa shape index (κ2) is 5.42. The molecule has 1 aliphatic carbocycles. The van der Waals surface area contributed by atoms with E-state index in [2.05, 4.69) is 10.2 Å². The van der Waals surface area contributed by atoms with Crippen molar-refractivity contribution >= 4 is 27.7 Å². The van der Waals surface area contributed by atoms with E-state index in [4.69, 9.17) is 5.73 Å². The molecule has 4 rings (SSSR count). The monoisotopic (exact) mass is 395 g/mol. The maximum Gasteiger partial charge on any atom is 0.326 e. The molecule has 0 bridgehead atoms. The number of nitrogens with zero attached hydrogens (tertiary/aromatic N) is 2. The molecule has 1 saturated carbocycles. The number of aromatic hydroxyl groups is 1. The second-order valence-corrected chi connectivity index (χ2v) is 8.04. The standard InChI is InChI=1S/C15H14FN5O5S/c16-12-7(8-5-10(19-18-8)15(3-4-15)14(17)24)1-2-9(22)13(12)21-6-11(23)20-27(21,25)26/h1-2,5,22H,3-4,6H2,(H2,17,24)(H,18,19)(H,20,23). The molecule has 2 amide bonds. The molecule has 1 aliphatic heterocycles. The minimum absolute atomic E-state index is 0.0867. The van der Waals surface area contributed by atoms with Gasteiger partial charge in [-0.1, -0.05) is 0 Å². The molecule has 0 radical (unpaired) electrons. The molecule has 2 aliphatic rings. The summed E-state index contributed by atoms with van der Waals surface area (Å²) < 4.78 is 41.2. The molecule has 2 heterocycles. The molecule has 1 aromatic carbocycles. The number of hydrogen-bond donors (Lipinski definition) is 4. The summed E-state index contributed by atoms with van der Waals surface area (Å²) in [7, 11) is -4.31. The number of phenolic OH excluding ortho intramolecular Hbond substituents is 1. The van der Waals surface area contributed by atoms with Gasteiger partial charge in [0.25, 0.3) is 5.91 Å². The van der Waals surface area contributed by atoms with Gasteiger partial charge in [0.1, 0.15) is 18.0 Å². The Morgan fingerprint density at radius 2 is 2.07 bits per heavy atom. The van der Waals surface area contributed by atoms with Gasteiger partial charge in [-0.3, -0.25) is 14.7 Å². The molecule has 1 aromatic heterocycles. The first kappa shape index (κ1) is 17.3. The number of halogens is 1. The number of primary amides is 1. The molecule has 0 unspecified atom stereocenters. The van der Waals surface area contributed by atoms with Crippen LogP contribution in [-0.4, -0.2) is 42.1 Å². The Kier molecular flexibility index (Phi) is 3.47. The van der Waals surface area contributed by atoms with Crippen LogP contribution < -0.4 is 14.8 Å². The maximum absolute atomic E-state index is 15.1. The highest BCUT2D eigenvalue weighted by atomic mass is 32.2. The fourth-order valence-corrected chi connectivity index (χ4v) is 4.27. The smallest absolute Gasteiger partial charge is 0.326 e. The fraction of sp³-hybridized carbons (Fsp3) is 0.267. The Morgan fingerprint density at radius 3 is 2.63 bits per heavy atom. The molecule has 142 valence electrons.